The first kappa shape index (κ1) is 22.8. The van der Waals surface area contributed by atoms with Crippen molar-refractivity contribution in [2.24, 2.45) is 5.92 Å². The number of methoxy groups -OCH3 is 1. The van der Waals surface area contributed by atoms with Crippen LogP contribution >= 0.6 is 11.3 Å². The number of ether oxygens (including phenoxy) is 1. The standard InChI is InChI=1S/C24H25FN4O3S/c1-32-20-9-4-16(5-10-20)6-11-21-27-28-24(33-21)26-23(31)18-14-22(30)29(15-18)13-12-17-2-7-19(25)8-3-17/h2-5,7-10,18H,6,11-15H2,1H3,(H,26,28,31). The van der Waals surface area contributed by atoms with Gasteiger partial charge in [-0.05, 0) is 48.2 Å². The maximum absolute atomic E-state index is 13.0. The van der Waals surface area contributed by atoms with Gasteiger partial charge < -0.3 is 15.0 Å². The number of halogens is 1. The summed E-state index contributed by atoms with van der Waals surface area (Å²) in [5.74, 6) is -0.148. The SMILES string of the molecule is COc1ccc(CCc2nnc(NC(=O)C3CC(=O)N(CCc4ccc(F)cc4)C3)s2)cc1. The Morgan fingerprint density at radius 1 is 1.09 bits per heavy atom. The topological polar surface area (TPSA) is 84.4 Å². The van der Waals surface area contributed by atoms with Gasteiger partial charge in [-0.1, -0.05) is 35.6 Å². The Morgan fingerprint density at radius 3 is 2.52 bits per heavy atom. The van der Waals surface area contributed by atoms with E-state index in [1.54, 1.807) is 24.1 Å². The second-order valence-electron chi connectivity index (χ2n) is 7.96. The number of rotatable bonds is 9. The molecule has 1 unspecified atom stereocenters. The first-order chi connectivity index (χ1) is 16.0. The fourth-order valence-electron chi connectivity index (χ4n) is 3.74. The van der Waals surface area contributed by atoms with Crippen molar-refractivity contribution in [2.45, 2.75) is 25.7 Å². The second-order valence-corrected chi connectivity index (χ2v) is 9.02. The number of hydrogen-bond donors (Lipinski definition) is 1. The highest BCUT2D eigenvalue weighted by Gasteiger charge is 2.34. The maximum Gasteiger partial charge on any atom is 0.231 e. The molecule has 9 heteroatoms. The quantitative estimate of drug-likeness (QED) is 0.520. The molecule has 4 rings (SSSR count). The van der Waals surface area contributed by atoms with Gasteiger partial charge in [0, 0.05) is 25.9 Å². The van der Waals surface area contributed by atoms with Crippen LogP contribution in [0.4, 0.5) is 9.52 Å². The minimum absolute atomic E-state index is 0.0466. The largest absolute Gasteiger partial charge is 0.497 e. The molecule has 1 fully saturated rings. The molecule has 1 aliphatic heterocycles. The first-order valence-electron chi connectivity index (χ1n) is 10.8. The summed E-state index contributed by atoms with van der Waals surface area (Å²) < 4.78 is 18.2. The molecule has 1 atom stereocenters. The highest BCUT2D eigenvalue weighted by molar-refractivity contribution is 7.15. The highest BCUT2D eigenvalue weighted by Crippen LogP contribution is 2.23. The smallest absolute Gasteiger partial charge is 0.231 e. The second kappa shape index (κ2) is 10.5. The van der Waals surface area contributed by atoms with E-state index in [0.717, 1.165) is 29.2 Å². The van der Waals surface area contributed by atoms with Gasteiger partial charge in [0.1, 0.15) is 16.6 Å². The van der Waals surface area contributed by atoms with E-state index in [1.807, 2.05) is 24.3 Å². The minimum atomic E-state index is -0.419. The zero-order chi connectivity index (χ0) is 23.2. The molecule has 1 aromatic heterocycles. The third-order valence-electron chi connectivity index (χ3n) is 5.65. The van der Waals surface area contributed by atoms with Gasteiger partial charge in [-0.25, -0.2) is 4.39 Å². The van der Waals surface area contributed by atoms with Crippen molar-refractivity contribution in [1.82, 2.24) is 15.1 Å². The van der Waals surface area contributed by atoms with Gasteiger partial charge >= 0.3 is 0 Å². The molecule has 3 aromatic rings. The zero-order valence-electron chi connectivity index (χ0n) is 18.3. The number of nitrogens with one attached hydrogen (secondary N) is 1. The fraction of sp³-hybridized carbons (Fsp3) is 0.333. The van der Waals surface area contributed by atoms with Gasteiger partial charge in [0.2, 0.25) is 16.9 Å². The lowest BCUT2D eigenvalue weighted by Crippen LogP contribution is -2.30. The van der Waals surface area contributed by atoms with Crippen molar-refractivity contribution < 1.29 is 18.7 Å². The highest BCUT2D eigenvalue weighted by atomic mass is 32.1. The molecule has 7 nitrogen and oxygen atoms in total. The van der Waals surface area contributed by atoms with Crippen LogP contribution < -0.4 is 10.1 Å². The minimum Gasteiger partial charge on any atom is -0.497 e. The maximum atomic E-state index is 13.0. The molecular formula is C24H25FN4O3S. The monoisotopic (exact) mass is 468 g/mol. The van der Waals surface area contributed by atoms with Gasteiger partial charge in [0.15, 0.2) is 0 Å². The summed E-state index contributed by atoms with van der Waals surface area (Å²) >= 11 is 1.35. The van der Waals surface area contributed by atoms with E-state index in [0.29, 0.717) is 24.6 Å². The first-order valence-corrected chi connectivity index (χ1v) is 11.6. The van der Waals surface area contributed by atoms with Crippen molar-refractivity contribution in [3.63, 3.8) is 0 Å². The fourth-order valence-corrected chi connectivity index (χ4v) is 4.48. The van der Waals surface area contributed by atoms with Crippen molar-refractivity contribution in [1.29, 1.82) is 0 Å². The Labute approximate surface area is 195 Å². The van der Waals surface area contributed by atoms with E-state index >= 15 is 0 Å². The van der Waals surface area contributed by atoms with E-state index in [1.165, 1.54) is 29.0 Å². The Kier molecular flexibility index (Phi) is 7.29. The van der Waals surface area contributed by atoms with Crippen LogP contribution in [0, 0.1) is 11.7 Å². The molecular weight excluding hydrogens is 443 g/mol. The average Bonchev–Trinajstić information content (AvgIpc) is 3.43. The number of carbonyl (C=O) groups is 2. The third kappa shape index (κ3) is 6.13. The Hall–Kier alpha value is -3.33. The van der Waals surface area contributed by atoms with Gasteiger partial charge in [0.05, 0.1) is 13.0 Å². The molecule has 2 heterocycles. The molecule has 0 spiro atoms. The number of aryl methyl sites for hydroxylation is 2. The van der Waals surface area contributed by atoms with Crippen LogP contribution in [0.5, 0.6) is 5.75 Å². The third-order valence-corrected chi connectivity index (χ3v) is 6.55. The van der Waals surface area contributed by atoms with E-state index < -0.39 is 5.92 Å². The number of carbonyl (C=O) groups excluding carboxylic acids is 2. The number of anilines is 1. The Morgan fingerprint density at radius 2 is 1.79 bits per heavy atom. The zero-order valence-corrected chi connectivity index (χ0v) is 19.1. The van der Waals surface area contributed by atoms with Crippen LogP contribution in [0.25, 0.3) is 0 Å². The van der Waals surface area contributed by atoms with Gasteiger partial charge in [-0.15, -0.1) is 10.2 Å². The number of likely N-dealkylation sites (tertiary alicyclic amines) is 1. The van der Waals surface area contributed by atoms with Crippen LogP contribution in [0.15, 0.2) is 48.5 Å². The van der Waals surface area contributed by atoms with Crippen molar-refractivity contribution in [2.75, 3.05) is 25.5 Å². The number of aromatic nitrogens is 2. The summed E-state index contributed by atoms with van der Waals surface area (Å²) in [6, 6.07) is 14.1. The summed E-state index contributed by atoms with van der Waals surface area (Å²) in [7, 11) is 1.64. The summed E-state index contributed by atoms with van der Waals surface area (Å²) in [5, 5.41) is 12.3. The molecule has 2 aromatic carbocycles. The Balaban J connectivity index is 1.24. The van der Waals surface area contributed by atoms with E-state index in [4.69, 9.17) is 4.74 Å². The van der Waals surface area contributed by atoms with E-state index in [9.17, 15) is 14.0 Å². The van der Waals surface area contributed by atoms with E-state index in [2.05, 4.69) is 15.5 Å². The van der Waals surface area contributed by atoms with Crippen LogP contribution in [-0.2, 0) is 28.9 Å². The molecule has 0 radical (unpaired) electrons. The number of nitrogens with zero attached hydrogens (tertiary/aromatic N) is 3. The lowest BCUT2D eigenvalue weighted by Gasteiger charge is -2.16. The Bertz CT molecular complexity index is 1100. The van der Waals surface area contributed by atoms with Crippen LogP contribution in [0.3, 0.4) is 0 Å². The summed E-state index contributed by atoms with van der Waals surface area (Å²) in [5.41, 5.74) is 2.12. The number of amides is 2. The molecule has 0 aliphatic carbocycles. The van der Waals surface area contributed by atoms with Crippen LogP contribution in [0.1, 0.15) is 22.6 Å². The van der Waals surface area contributed by atoms with Gasteiger partial charge in [0.25, 0.3) is 0 Å². The van der Waals surface area contributed by atoms with Gasteiger partial charge in [-0.2, -0.15) is 0 Å². The van der Waals surface area contributed by atoms with Crippen LogP contribution in [-0.4, -0.2) is 47.1 Å². The molecule has 1 aliphatic rings. The molecule has 1 saturated heterocycles. The summed E-state index contributed by atoms with van der Waals surface area (Å²) in [6.07, 6.45) is 2.33. The summed E-state index contributed by atoms with van der Waals surface area (Å²) in [4.78, 5) is 26.7. The lowest BCUT2D eigenvalue weighted by atomic mass is 10.1. The average molecular weight is 469 g/mol. The molecule has 33 heavy (non-hydrogen) atoms. The van der Waals surface area contributed by atoms with Gasteiger partial charge in [-0.3, -0.25) is 9.59 Å². The number of benzene rings is 2. The molecule has 172 valence electrons. The molecule has 2 amide bonds. The predicted molar refractivity (Wildman–Crippen MR) is 124 cm³/mol. The molecule has 0 saturated carbocycles. The normalized spacial score (nSPS) is 15.6. The summed E-state index contributed by atoms with van der Waals surface area (Å²) in [6.45, 7) is 0.873. The van der Waals surface area contributed by atoms with Crippen LogP contribution in [0.2, 0.25) is 0 Å². The molecule has 1 N–H and O–H groups in total. The lowest BCUT2D eigenvalue weighted by molar-refractivity contribution is -0.128. The molecule has 0 bridgehead atoms. The van der Waals surface area contributed by atoms with Crippen molar-refractivity contribution in [3.8, 4) is 5.75 Å². The van der Waals surface area contributed by atoms with Crippen molar-refractivity contribution in [3.05, 3.63) is 70.5 Å². The predicted octanol–water partition coefficient (Wildman–Crippen LogP) is 3.50. The van der Waals surface area contributed by atoms with E-state index in [-0.39, 0.29) is 24.1 Å². The van der Waals surface area contributed by atoms with Crippen molar-refractivity contribution >= 4 is 28.3 Å². The number of hydrogen-bond acceptors (Lipinski definition) is 6.